The van der Waals surface area contributed by atoms with Crippen molar-refractivity contribution in [2.24, 2.45) is 0 Å². The summed E-state index contributed by atoms with van der Waals surface area (Å²) in [5.41, 5.74) is 0.960. The lowest BCUT2D eigenvalue weighted by atomic mass is 10.2. The molecule has 0 aliphatic carbocycles. The fraction of sp³-hybridized carbons (Fsp3) is 0.0833. The normalized spacial score (nSPS) is 10.5. The van der Waals surface area contributed by atoms with E-state index < -0.39 is 0 Å². The van der Waals surface area contributed by atoms with Gasteiger partial charge in [-0.25, -0.2) is 0 Å². The summed E-state index contributed by atoms with van der Waals surface area (Å²) >= 11 is 21.0. The fourth-order valence-corrected chi connectivity index (χ4v) is 2.16. The van der Waals surface area contributed by atoms with E-state index in [1.165, 1.54) is 6.07 Å². The maximum atomic E-state index is 6.00. The molecule has 0 aliphatic heterocycles. The molecule has 1 aromatic carbocycles. The molecule has 94 valence electrons. The number of hydrogen-bond donors (Lipinski definition) is 0. The molecule has 0 radical (unpaired) electrons. The van der Waals surface area contributed by atoms with E-state index in [2.05, 4.69) is 20.9 Å². The van der Waals surface area contributed by atoms with Gasteiger partial charge in [0, 0.05) is 4.47 Å². The van der Waals surface area contributed by atoms with Crippen molar-refractivity contribution in [1.29, 1.82) is 0 Å². The summed E-state index contributed by atoms with van der Waals surface area (Å²) < 4.78 is 6.54. The van der Waals surface area contributed by atoms with Gasteiger partial charge in [0.05, 0.1) is 5.02 Å². The van der Waals surface area contributed by atoms with Crippen LogP contribution in [-0.4, -0.2) is 4.98 Å². The second-order valence-electron chi connectivity index (χ2n) is 3.56. The van der Waals surface area contributed by atoms with Gasteiger partial charge in [0.2, 0.25) is 5.88 Å². The summed E-state index contributed by atoms with van der Waals surface area (Å²) in [6, 6.07) is 7.17. The number of ether oxygens (including phenoxy) is 1. The summed E-state index contributed by atoms with van der Waals surface area (Å²) in [7, 11) is 0. The van der Waals surface area contributed by atoms with Gasteiger partial charge < -0.3 is 4.74 Å². The highest BCUT2D eigenvalue weighted by Crippen LogP contribution is 2.34. The largest absolute Gasteiger partial charge is 0.437 e. The van der Waals surface area contributed by atoms with Crippen molar-refractivity contribution >= 4 is 50.7 Å². The van der Waals surface area contributed by atoms with Crippen LogP contribution in [0.3, 0.4) is 0 Å². The maximum Gasteiger partial charge on any atom is 0.239 e. The van der Waals surface area contributed by atoms with E-state index in [0.717, 1.165) is 10.0 Å². The monoisotopic (exact) mass is 365 g/mol. The molecule has 0 N–H and O–H groups in total. The van der Waals surface area contributed by atoms with Gasteiger partial charge >= 0.3 is 0 Å². The first-order valence-corrected chi connectivity index (χ1v) is 6.85. The van der Waals surface area contributed by atoms with E-state index in [1.807, 2.05) is 25.1 Å². The molecule has 0 bridgehead atoms. The zero-order valence-electron chi connectivity index (χ0n) is 9.18. The van der Waals surface area contributed by atoms with Gasteiger partial charge in [0.15, 0.2) is 5.15 Å². The van der Waals surface area contributed by atoms with Gasteiger partial charge in [0.1, 0.15) is 10.8 Å². The first-order valence-electron chi connectivity index (χ1n) is 4.93. The van der Waals surface area contributed by atoms with Crippen LogP contribution in [0.1, 0.15) is 5.56 Å². The number of halogens is 4. The summed E-state index contributed by atoms with van der Waals surface area (Å²) in [5.74, 6) is 0.879. The zero-order valence-corrected chi connectivity index (χ0v) is 13.0. The molecular weight excluding hydrogens is 360 g/mol. The third-order valence-corrected chi connectivity index (χ3v) is 3.65. The first-order chi connectivity index (χ1) is 8.47. The Hall–Kier alpha value is -0.480. The molecule has 2 nitrogen and oxygen atoms in total. The lowest BCUT2D eigenvalue weighted by Crippen LogP contribution is -1.92. The van der Waals surface area contributed by atoms with Crippen LogP contribution in [0.2, 0.25) is 15.2 Å². The molecule has 18 heavy (non-hydrogen) atoms. The summed E-state index contributed by atoms with van der Waals surface area (Å²) in [6.07, 6.45) is 0. The molecule has 0 saturated carbocycles. The molecule has 0 saturated heterocycles. The van der Waals surface area contributed by atoms with Crippen LogP contribution < -0.4 is 4.74 Å². The molecule has 0 amide bonds. The minimum absolute atomic E-state index is 0.156. The minimum Gasteiger partial charge on any atom is -0.437 e. The van der Waals surface area contributed by atoms with Crippen LogP contribution in [0.4, 0.5) is 0 Å². The van der Waals surface area contributed by atoms with E-state index in [1.54, 1.807) is 0 Å². The van der Waals surface area contributed by atoms with Crippen LogP contribution >= 0.6 is 50.7 Å². The molecule has 0 fully saturated rings. The number of aryl methyl sites for hydroxylation is 1. The van der Waals surface area contributed by atoms with Crippen molar-refractivity contribution in [2.45, 2.75) is 6.92 Å². The Labute approximate surface area is 128 Å². The average molecular weight is 367 g/mol. The molecule has 0 atom stereocenters. The predicted octanol–water partition coefficient (Wildman–Crippen LogP) is 5.91. The quantitative estimate of drug-likeness (QED) is 0.616. The Balaban J connectivity index is 2.40. The molecule has 2 rings (SSSR count). The number of aromatic nitrogens is 1. The highest BCUT2D eigenvalue weighted by Gasteiger charge is 2.11. The molecular formula is C12H7BrCl3NO. The summed E-state index contributed by atoms with van der Waals surface area (Å²) in [4.78, 5) is 4.00. The maximum absolute atomic E-state index is 6.00. The number of hydrogen-bond acceptors (Lipinski definition) is 2. The van der Waals surface area contributed by atoms with Crippen LogP contribution in [0, 0.1) is 6.92 Å². The Morgan fingerprint density at radius 3 is 2.56 bits per heavy atom. The summed E-state index contributed by atoms with van der Waals surface area (Å²) in [6.45, 7) is 1.92. The van der Waals surface area contributed by atoms with E-state index in [4.69, 9.17) is 39.5 Å². The fourth-order valence-electron chi connectivity index (χ4n) is 1.29. The van der Waals surface area contributed by atoms with Gasteiger partial charge in [-0.2, -0.15) is 4.98 Å². The third kappa shape index (κ3) is 3.09. The van der Waals surface area contributed by atoms with Crippen molar-refractivity contribution in [3.05, 3.63) is 49.5 Å². The standard InChI is InChI=1S/C12H7BrCl3NO/c1-6-2-3-7(13)4-10(6)18-12-9(15)5-8(14)11(16)17-12/h2-5H,1H3. The summed E-state index contributed by atoms with van der Waals surface area (Å²) in [5, 5.41) is 0.757. The molecule has 2 aromatic rings. The Kier molecular flexibility index (Phi) is 4.38. The predicted molar refractivity (Wildman–Crippen MR) is 78.2 cm³/mol. The average Bonchev–Trinajstić information content (AvgIpc) is 2.30. The van der Waals surface area contributed by atoms with Crippen molar-refractivity contribution in [1.82, 2.24) is 4.98 Å². The van der Waals surface area contributed by atoms with E-state index in [9.17, 15) is 0 Å². The van der Waals surface area contributed by atoms with Gasteiger partial charge in [-0.1, -0.05) is 56.8 Å². The Morgan fingerprint density at radius 1 is 1.11 bits per heavy atom. The van der Waals surface area contributed by atoms with Crippen LogP contribution in [-0.2, 0) is 0 Å². The molecule has 0 spiro atoms. The van der Waals surface area contributed by atoms with Crippen molar-refractivity contribution < 1.29 is 4.74 Å². The molecule has 1 heterocycles. The highest BCUT2D eigenvalue weighted by molar-refractivity contribution is 9.10. The first kappa shape index (κ1) is 13.9. The molecule has 1 aromatic heterocycles. The molecule has 0 unspecified atom stereocenters. The van der Waals surface area contributed by atoms with Crippen LogP contribution in [0.25, 0.3) is 0 Å². The topological polar surface area (TPSA) is 22.1 Å². The molecule has 6 heteroatoms. The number of rotatable bonds is 2. The number of benzene rings is 1. The number of nitrogens with zero attached hydrogens (tertiary/aromatic N) is 1. The van der Waals surface area contributed by atoms with Crippen molar-refractivity contribution in [3.8, 4) is 11.6 Å². The lowest BCUT2D eigenvalue weighted by Gasteiger charge is -2.10. The SMILES string of the molecule is Cc1ccc(Br)cc1Oc1nc(Cl)c(Cl)cc1Cl. The van der Waals surface area contributed by atoms with Gasteiger partial charge in [-0.05, 0) is 30.7 Å². The van der Waals surface area contributed by atoms with Gasteiger partial charge in [-0.3, -0.25) is 0 Å². The van der Waals surface area contributed by atoms with Crippen LogP contribution in [0.15, 0.2) is 28.7 Å². The third-order valence-electron chi connectivity index (χ3n) is 2.21. The lowest BCUT2D eigenvalue weighted by molar-refractivity contribution is 0.459. The van der Waals surface area contributed by atoms with E-state index >= 15 is 0 Å². The number of pyridine rings is 1. The Morgan fingerprint density at radius 2 is 1.83 bits per heavy atom. The Bertz CT molecular complexity index is 604. The smallest absolute Gasteiger partial charge is 0.239 e. The second-order valence-corrected chi connectivity index (χ2v) is 5.65. The van der Waals surface area contributed by atoms with Crippen molar-refractivity contribution in [3.63, 3.8) is 0 Å². The van der Waals surface area contributed by atoms with E-state index in [-0.39, 0.29) is 11.0 Å². The zero-order chi connectivity index (χ0) is 13.3. The van der Waals surface area contributed by atoms with Gasteiger partial charge in [-0.15, -0.1) is 0 Å². The second kappa shape index (κ2) is 5.66. The van der Waals surface area contributed by atoms with Crippen LogP contribution in [0.5, 0.6) is 11.6 Å². The highest BCUT2D eigenvalue weighted by atomic mass is 79.9. The van der Waals surface area contributed by atoms with Gasteiger partial charge in [0.25, 0.3) is 0 Å². The molecule has 0 aliphatic rings. The van der Waals surface area contributed by atoms with E-state index in [0.29, 0.717) is 15.8 Å². The van der Waals surface area contributed by atoms with Crippen molar-refractivity contribution in [2.75, 3.05) is 0 Å². The minimum atomic E-state index is 0.156.